The van der Waals surface area contributed by atoms with Crippen molar-refractivity contribution in [2.45, 2.75) is 18.9 Å². The lowest BCUT2D eigenvalue weighted by Gasteiger charge is -2.20. The summed E-state index contributed by atoms with van der Waals surface area (Å²) in [6, 6.07) is 13.0. The van der Waals surface area contributed by atoms with E-state index in [9.17, 15) is 4.79 Å². The predicted octanol–water partition coefficient (Wildman–Crippen LogP) is 4.63. The van der Waals surface area contributed by atoms with Crippen LogP contribution in [0.25, 0.3) is 0 Å². The number of halogens is 1. The van der Waals surface area contributed by atoms with Gasteiger partial charge in [0.2, 0.25) is 0 Å². The van der Waals surface area contributed by atoms with Gasteiger partial charge in [-0.25, -0.2) is 4.79 Å². The third-order valence-electron chi connectivity index (χ3n) is 4.26. The summed E-state index contributed by atoms with van der Waals surface area (Å²) in [6.45, 7) is 0. The van der Waals surface area contributed by atoms with Crippen molar-refractivity contribution in [1.82, 2.24) is 5.32 Å². The van der Waals surface area contributed by atoms with E-state index in [1.54, 1.807) is 12.1 Å². The van der Waals surface area contributed by atoms with E-state index in [2.05, 4.69) is 10.6 Å². The van der Waals surface area contributed by atoms with Crippen LogP contribution in [0, 0.1) is 5.92 Å². The molecule has 0 aromatic heterocycles. The number of nitrogens with one attached hydrogen (secondary N) is 2. The largest absolute Gasteiger partial charge is 0.495 e. The van der Waals surface area contributed by atoms with Crippen LogP contribution in [0.2, 0.25) is 5.02 Å². The molecule has 0 saturated heterocycles. The fraction of sp³-hybridized carbons (Fsp3) is 0.316. The number of hydrogen-bond donors (Lipinski definition) is 2. The molecular weight excluding hydrogens is 340 g/mol. The second-order valence-electron chi connectivity index (χ2n) is 6.01. The van der Waals surface area contributed by atoms with E-state index in [1.807, 2.05) is 30.3 Å². The van der Waals surface area contributed by atoms with Gasteiger partial charge in [-0.3, -0.25) is 0 Å². The Morgan fingerprint density at radius 2 is 1.80 bits per heavy atom. The number of carbonyl (C=O) groups excluding carboxylic acids is 1. The van der Waals surface area contributed by atoms with E-state index in [0.29, 0.717) is 28.1 Å². The van der Waals surface area contributed by atoms with Crippen LogP contribution >= 0.6 is 11.6 Å². The topological polar surface area (TPSA) is 59.6 Å². The van der Waals surface area contributed by atoms with Crippen LogP contribution in [0.15, 0.2) is 42.5 Å². The first-order chi connectivity index (χ1) is 12.1. The number of rotatable bonds is 6. The second-order valence-corrected chi connectivity index (χ2v) is 6.42. The molecule has 25 heavy (non-hydrogen) atoms. The zero-order chi connectivity index (χ0) is 17.8. The van der Waals surface area contributed by atoms with Crippen LogP contribution in [-0.2, 0) is 0 Å². The Labute approximate surface area is 152 Å². The van der Waals surface area contributed by atoms with Gasteiger partial charge in [0.1, 0.15) is 11.5 Å². The summed E-state index contributed by atoms with van der Waals surface area (Å²) >= 11 is 6.10. The molecule has 1 aliphatic carbocycles. The van der Waals surface area contributed by atoms with Crippen molar-refractivity contribution >= 4 is 23.3 Å². The highest BCUT2D eigenvalue weighted by molar-refractivity contribution is 6.32. The van der Waals surface area contributed by atoms with Crippen molar-refractivity contribution < 1.29 is 14.3 Å². The first kappa shape index (κ1) is 17.4. The van der Waals surface area contributed by atoms with Gasteiger partial charge >= 0.3 is 6.03 Å². The SMILES string of the molecule is COc1cc(NC(=O)NC(c2ccccc2)C2CC2)c(OC)cc1Cl. The Balaban J connectivity index is 1.75. The lowest BCUT2D eigenvalue weighted by molar-refractivity contribution is 0.247. The van der Waals surface area contributed by atoms with E-state index >= 15 is 0 Å². The van der Waals surface area contributed by atoms with Gasteiger partial charge in [0, 0.05) is 12.1 Å². The van der Waals surface area contributed by atoms with Crippen molar-refractivity contribution in [2.24, 2.45) is 5.92 Å². The highest BCUT2D eigenvalue weighted by Gasteiger charge is 2.33. The van der Waals surface area contributed by atoms with Gasteiger partial charge in [-0.15, -0.1) is 0 Å². The van der Waals surface area contributed by atoms with E-state index in [4.69, 9.17) is 21.1 Å². The number of hydrogen-bond acceptors (Lipinski definition) is 3. The average Bonchev–Trinajstić information content (AvgIpc) is 3.46. The summed E-state index contributed by atoms with van der Waals surface area (Å²) in [7, 11) is 3.05. The Kier molecular flexibility index (Phi) is 5.34. The minimum atomic E-state index is -0.288. The van der Waals surface area contributed by atoms with Crippen LogP contribution in [0.5, 0.6) is 11.5 Å². The molecule has 6 heteroatoms. The molecule has 1 unspecified atom stereocenters. The molecule has 132 valence electrons. The normalized spacial score (nSPS) is 14.5. The predicted molar refractivity (Wildman–Crippen MR) is 98.6 cm³/mol. The highest BCUT2D eigenvalue weighted by atomic mass is 35.5. The maximum atomic E-state index is 12.5. The van der Waals surface area contributed by atoms with Gasteiger partial charge in [-0.2, -0.15) is 0 Å². The number of benzene rings is 2. The van der Waals surface area contributed by atoms with Crippen LogP contribution in [0.1, 0.15) is 24.4 Å². The minimum absolute atomic E-state index is 0.00129. The number of urea groups is 1. The summed E-state index contributed by atoms with van der Waals surface area (Å²) in [5, 5.41) is 6.32. The first-order valence-electron chi connectivity index (χ1n) is 8.16. The molecule has 5 nitrogen and oxygen atoms in total. The van der Waals surface area contributed by atoms with E-state index < -0.39 is 0 Å². The Morgan fingerprint density at radius 1 is 1.12 bits per heavy atom. The molecule has 1 fully saturated rings. The van der Waals surface area contributed by atoms with Gasteiger partial charge in [-0.1, -0.05) is 41.9 Å². The van der Waals surface area contributed by atoms with Gasteiger partial charge in [0.15, 0.2) is 0 Å². The highest BCUT2D eigenvalue weighted by Crippen LogP contribution is 2.41. The fourth-order valence-electron chi connectivity index (χ4n) is 2.82. The van der Waals surface area contributed by atoms with Crippen molar-refractivity contribution in [3.05, 3.63) is 53.1 Å². The number of ether oxygens (including phenoxy) is 2. The number of methoxy groups -OCH3 is 2. The van der Waals surface area contributed by atoms with E-state index in [-0.39, 0.29) is 12.1 Å². The summed E-state index contributed by atoms with van der Waals surface area (Å²) in [4.78, 5) is 12.5. The molecule has 1 saturated carbocycles. The Bertz CT molecular complexity index is 748. The summed E-state index contributed by atoms with van der Waals surface area (Å²) in [5.74, 6) is 1.43. The molecule has 3 rings (SSSR count). The van der Waals surface area contributed by atoms with Crippen molar-refractivity contribution in [3.63, 3.8) is 0 Å². The quantitative estimate of drug-likeness (QED) is 0.789. The molecule has 1 atom stereocenters. The monoisotopic (exact) mass is 360 g/mol. The zero-order valence-electron chi connectivity index (χ0n) is 14.2. The van der Waals surface area contributed by atoms with Crippen LogP contribution in [0.3, 0.4) is 0 Å². The molecule has 0 heterocycles. The fourth-order valence-corrected chi connectivity index (χ4v) is 3.05. The molecule has 1 aliphatic rings. The lowest BCUT2D eigenvalue weighted by atomic mass is 10.0. The number of amides is 2. The molecule has 2 amide bonds. The van der Waals surface area contributed by atoms with Crippen molar-refractivity contribution in [2.75, 3.05) is 19.5 Å². The summed E-state index contributed by atoms with van der Waals surface area (Å²) in [5.41, 5.74) is 1.62. The van der Waals surface area contributed by atoms with Gasteiger partial charge in [0.05, 0.1) is 31.0 Å². The van der Waals surface area contributed by atoms with Crippen LogP contribution < -0.4 is 20.1 Å². The Morgan fingerprint density at radius 3 is 2.40 bits per heavy atom. The first-order valence-corrected chi connectivity index (χ1v) is 8.54. The van der Waals surface area contributed by atoms with Gasteiger partial charge < -0.3 is 20.1 Å². The molecule has 0 radical (unpaired) electrons. The maximum absolute atomic E-state index is 12.5. The molecule has 0 spiro atoms. The molecule has 2 aromatic rings. The van der Waals surface area contributed by atoms with Crippen LogP contribution in [-0.4, -0.2) is 20.3 Å². The summed E-state index contributed by atoms with van der Waals surface area (Å²) < 4.78 is 10.5. The van der Waals surface area contributed by atoms with Gasteiger partial charge in [0.25, 0.3) is 0 Å². The smallest absolute Gasteiger partial charge is 0.319 e. The lowest BCUT2D eigenvalue weighted by Crippen LogP contribution is -2.33. The second kappa shape index (κ2) is 7.66. The standard InChI is InChI=1S/C19H21ClN2O3/c1-24-16-11-15(17(25-2)10-14(16)20)21-19(23)22-18(13-8-9-13)12-6-4-3-5-7-12/h3-7,10-11,13,18H,8-9H2,1-2H3,(H2,21,22,23). The molecular formula is C19H21ClN2O3. The van der Waals surface area contributed by atoms with Crippen molar-refractivity contribution in [1.29, 1.82) is 0 Å². The van der Waals surface area contributed by atoms with Crippen LogP contribution in [0.4, 0.5) is 10.5 Å². The third kappa shape index (κ3) is 4.17. The maximum Gasteiger partial charge on any atom is 0.319 e. The molecule has 2 N–H and O–H groups in total. The van der Waals surface area contributed by atoms with Crippen molar-refractivity contribution in [3.8, 4) is 11.5 Å². The average molecular weight is 361 g/mol. The van der Waals surface area contributed by atoms with E-state index in [0.717, 1.165) is 18.4 Å². The Hall–Kier alpha value is -2.40. The molecule has 0 aliphatic heterocycles. The third-order valence-corrected chi connectivity index (χ3v) is 4.56. The molecule has 2 aromatic carbocycles. The minimum Gasteiger partial charge on any atom is -0.495 e. The van der Waals surface area contributed by atoms with E-state index in [1.165, 1.54) is 14.2 Å². The number of anilines is 1. The van der Waals surface area contributed by atoms with Gasteiger partial charge in [-0.05, 0) is 24.3 Å². The number of carbonyl (C=O) groups is 1. The zero-order valence-corrected chi connectivity index (χ0v) is 15.0. The summed E-state index contributed by atoms with van der Waals surface area (Å²) in [6.07, 6.45) is 2.25. The molecule has 0 bridgehead atoms.